The molecule has 27 heavy (non-hydrogen) atoms. The average molecular weight is 365 g/mol. The highest BCUT2D eigenvalue weighted by molar-refractivity contribution is 5.93. The second-order valence-electron chi connectivity index (χ2n) is 6.83. The minimum atomic E-state index is -0.978. The van der Waals surface area contributed by atoms with Crippen LogP contribution in [0.4, 0.5) is 11.4 Å². The van der Waals surface area contributed by atoms with Crippen LogP contribution < -0.4 is 10.2 Å². The summed E-state index contributed by atoms with van der Waals surface area (Å²) in [6.45, 7) is 4.64. The van der Waals surface area contributed by atoms with Gasteiger partial charge in [-0.25, -0.2) is 9.78 Å². The highest BCUT2D eigenvalue weighted by atomic mass is 16.4. The van der Waals surface area contributed by atoms with E-state index in [0.29, 0.717) is 17.9 Å². The predicted octanol–water partition coefficient (Wildman–Crippen LogP) is 2.40. The molecule has 4 rings (SSSR count). The van der Waals surface area contributed by atoms with E-state index in [1.807, 2.05) is 12.1 Å². The van der Waals surface area contributed by atoms with Gasteiger partial charge in [0.1, 0.15) is 5.65 Å². The van der Waals surface area contributed by atoms with Gasteiger partial charge in [-0.2, -0.15) is 0 Å². The number of aromatic carboxylic acids is 1. The summed E-state index contributed by atoms with van der Waals surface area (Å²) < 4.78 is 1.59. The molecule has 1 aliphatic rings. The third-order valence-electron chi connectivity index (χ3n) is 5.07. The van der Waals surface area contributed by atoms with E-state index < -0.39 is 5.97 Å². The van der Waals surface area contributed by atoms with E-state index in [-0.39, 0.29) is 5.69 Å². The van der Waals surface area contributed by atoms with Gasteiger partial charge in [0.25, 0.3) is 0 Å². The number of fused-ring (bicyclic) bond motifs is 1. The smallest absolute Gasteiger partial charge is 0.355 e. The van der Waals surface area contributed by atoms with Crippen molar-refractivity contribution in [1.82, 2.24) is 14.3 Å². The van der Waals surface area contributed by atoms with Crippen molar-refractivity contribution in [3.8, 4) is 0 Å². The Labute approximate surface area is 157 Å². The fourth-order valence-electron chi connectivity index (χ4n) is 3.56. The largest absolute Gasteiger partial charge is 0.476 e. The normalized spacial score (nSPS) is 15.2. The number of carboxylic acid groups (broad SMARTS) is 1. The molecule has 0 bridgehead atoms. The molecule has 140 valence electrons. The van der Waals surface area contributed by atoms with Gasteiger partial charge in [-0.15, -0.1) is 0 Å². The SMILES string of the molecule is CN1CCN(c2ccccc2CNc2ccc3nccn3c2C(=O)O)CC1. The molecule has 7 heteroatoms. The highest BCUT2D eigenvalue weighted by Gasteiger charge is 2.18. The molecule has 3 heterocycles. The van der Waals surface area contributed by atoms with Crippen LogP contribution in [0, 0.1) is 0 Å². The Morgan fingerprint density at radius 2 is 1.93 bits per heavy atom. The number of benzene rings is 1. The summed E-state index contributed by atoms with van der Waals surface area (Å²) in [4.78, 5) is 20.7. The third kappa shape index (κ3) is 3.46. The number of carboxylic acids is 1. The van der Waals surface area contributed by atoms with Gasteiger partial charge in [-0.3, -0.25) is 4.40 Å². The number of anilines is 2. The lowest BCUT2D eigenvalue weighted by Crippen LogP contribution is -2.44. The number of imidazole rings is 1. The first-order valence-corrected chi connectivity index (χ1v) is 9.08. The van der Waals surface area contributed by atoms with Gasteiger partial charge in [0.2, 0.25) is 0 Å². The molecule has 0 unspecified atom stereocenters. The molecular formula is C20H23N5O2. The molecule has 0 aliphatic carbocycles. The summed E-state index contributed by atoms with van der Waals surface area (Å²) in [5.74, 6) is -0.978. The van der Waals surface area contributed by atoms with Crippen molar-refractivity contribution in [3.05, 3.63) is 60.0 Å². The van der Waals surface area contributed by atoms with Crippen molar-refractivity contribution in [1.29, 1.82) is 0 Å². The van der Waals surface area contributed by atoms with E-state index in [1.54, 1.807) is 22.9 Å². The van der Waals surface area contributed by atoms with Gasteiger partial charge in [-0.1, -0.05) is 18.2 Å². The van der Waals surface area contributed by atoms with E-state index in [2.05, 4.69) is 45.3 Å². The van der Waals surface area contributed by atoms with Crippen molar-refractivity contribution in [2.24, 2.45) is 0 Å². The number of para-hydroxylation sites is 1. The zero-order valence-electron chi connectivity index (χ0n) is 15.3. The summed E-state index contributed by atoms with van der Waals surface area (Å²) in [5.41, 5.74) is 3.77. The van der Waals surface area contributed by atoms with Crippen molar-refractivity contribution in [2.75, 3.05) is 43.4 Å². The molecule has 1 aliphatic heterocycles. The van der Waals surface area contributed by atoms with Crippen LogP contribution in [0.2, 0.25) is 0 Å². The van der Waals surface area contributed by atoms with Crippen LogP contribution in [-0.2, 0) is 6.54 Å². The number of carbonyl (C=O) groups is 1. The molecular weight excluding hydrogens is 342 g/mol. The van der Waals surface area contributed by atoms with Crippen molar-refractivity contribution in [3.63, 3.8) is 0 Å². The van der Waals surface area contributed by atoms with Gasteiger partial charge in [-0.05, 0) is 30.8 Å². The van der Waals surface area contributed by atoms with Gasteiger partial charge in [0.15, 0.2) is 5.69 Å². The number of rotatable bonds is 5. The molecule has 2 aromatic heterocycles. The van der Waals surface area contributed by atoms with Crippen molar-refractivity contribution < 1.29 is 9.90 Å². The highest BCUT2D eigenvalue weighted by Crippen LogP contribution is 2.24. The number of nitrogens with one attached hydrogen (secondary N) is 1. The van der Waals surface area contributed by atoms with E-state index >= 15 is 0 Å². The fraction of sp³-hybridized carbons (Fsp3) is 0.300. The van der Waals surface area contributed by atoms with Gasteiger partial charge < -0.3 is 20.2 Å². The number of hydrogen-bond acceptors (Lipinski definition) is 5. The average Bonchev–Trinajstić information content (AvgIpc) is 3.15. The Kier molecular flexibility index (Phi) is 4.68. The summed E-state index contributed by atoms with van der Waals surface area (Å²) in [6.07, 6.45) is 3.27. The number of hydrogen-bond donors (Lipinski definition) is 2. The van der Waals surface area contributed by atoms with Crippen LogP contribution in [0.15, 0.2) is 48.8 Å². The van der Waals surface area contributed by atoms with E-state index in [0.717, 1.165) is 31.7 Å². The molecule has 1 fully saturated rings. The Morgan fingerprint density at radius 3 is 2.70 bits per heavy atom. The number of aromatic nitrogens is 2. The quantitative estimate of drug-likeness (QED) is 0.723. The molecule has 1 saturated heterocycles. The van der Waals surface area contributed by atoms with Crippen LogP contribution in [0.1, 0.15) is 16.1 Å². The molecule has 0 atom stereocenters. The van der Waals surface area contributed by atoms with Crippen LogP contribution in [0.5, 0.6) is 0 Å². The molecule has 0 amide bonds. The first kappa shape index (κ1) is 17.4. The lowest BCUT2D eigenvalue weighted by Gasteiger charge is -2.35. The Morgan fingerprint density at radius 1 is 1.15 bits per heavy atom. The number of nitrogens with zero attached hydrogens (tertiary/aromatic N) is 4. The summed E-state index contributed by atoms with van der Waals surface area (Å²) in [6, 6.07) is 11.9. The maximum absolute atomic E-state index is 11.8. The Hall–Kier alpha value is -3.06. The zero-order valence-corrected chi connectivity index (χ0v) is 15.3. The first-order valence-electron chi connectivity index (χ1n) is 9.08. The van der Waals surface area contributed by atoms with E-state index in [4.69, 9.17) is 0 Å². The Bertz CT molecular complexity index is 960. The third-order valence-corrected chi connectivity index (χ3v) is 5.07. The van der Waals surface area contributed by atoms with Gasteiger partial charge >= 0.3 is 5.97 Å². The molecule has 1 aromatic carbocycles. The Balaban J connectivity index is 1.59. The first-order chi connectivity index (χ1) is 13.1. The van der Waals surface area contributed by atoms with Crippen LogP contribution in [0.25, 0.3) is 5.65 Å². The maximum Gasteiger partial charge on any atom is 0.355 e. The van der Waals surface area contributed by atoms with Crippen LogP contribution >= 0.6 is 0 Å². The fourth-order valence-corrected chi connectivity index (χ4v) is 3.56. The second-order valence-corrected chi connectivity index (χ2v) is 6.83. The topological polar surface area (TPSA) is 73.1 Å². The van der Waals surface area contributed by atoms with Gasteiger partial charge in [0, 0.05) is 50.8 Å². The second kappa shape index (κ2) is 7.28. The van der Waals surface area contributed by atoms with Crippen molar-refractivity contribution >= 4 is 23.0 Å². The van der Waals surface area contributed by atoms with Crippen molar-refractivity contribution in [2.45, 2.75) is 6.54 Å². The predicted molar refractivity (Wildman–Crippen MR) is 106 cm³/mol. The summed E-state index contributed by atoms with van der Waals surface area (Å²) in [7, 11) is 2.14. The minimum absolute atomic E-state index is 0.196. The molecule has 3 aromatic rings. The van der Waals surface area contributed by atoms with E-state index in [9.17, 15) is 9.90 Å². The molecule has 7 nitrogen and oxygen atoms in total. The van der Waals surface area contributed by atoms with E-state index in [1.165, 1.54) is 5.69 Å². The number of pyridine rings is 1. The monoisotopic (exact) mass is 365 g/mol. The molecule has 0 radical (unpaired) electrons. The zero-order chi connectivity index (χ0) is 18.8. The number of piperazine rings is 1. The molecule has 0 spiro atoms. The number of likely N-dealkylation sites (N-methyl/N-ethyl adjacent to an activating group) is 1. The maximum atomic E-state index is 11.8. The lowest BCUT2D eigenvalue weighted by atomic mass is 10.1. The lowest BCUT2D eigenvalue weighted by molar-refractivity contribution is 0.0690. The minimum Gasteiger partial charge on any atom is -0.476 e. The summed E-state index contributed by atoms with van der Waals surface area (Å²) >= 11 is 0. The standard InChI is InChI=1S/C20H23N5O2/c1-23-10-12-24(13-11-23)17-5-3-2-4-15(17)14-22-16-6-7-18-21-8-9-25(18)19(16)20(26)27/h2-9,22H,10-14H2,1H3,(H,26,27). The summed E-state index contributed by atoms with van der Waals surface area (Å²) in [5, 5.41) is 13.0. The van der Waals surface area contributed by atoms with Crippen LogP contribution in [0.3, 0.4) is 0 Å². The van der Waals surface area contributed by atoms with Crippen LogP contribution in [-0.4, -0.2) is 58.6 Å². The molecule has 2 N–H and O–H groups in total. The molecule has 0 saturated carbocycles. The van der Waals surface area contributed by atoms with Gasteiger partial charge in [0.05, 0.1) is 5.69 Å².